The fourth-order valence-corrected chi connectivity index (χ4v) is 1.91. The lowest BCUT2D eigenvalue weighted by atomic mass is 10.3. The van der Waals surface area contributed by atoms with Crippen molar-refractivity contribution in [2.45, 2.75) is 33.6 Å². The third kappa shape index (κ3) is 5.61. The van der Waals surface area contributed by atoms with Gasteiger partial charge in [0.15, 0.2) is 5.75 Å². The van der Waals surface area contributed by atoms with Crippen molar-refractivity contribution in [1.29, 1.82) is 0 Å². The van der Waals surface area contributed by atoms with E-state index in [2.05, 4.69) is 10.4 Å². The van der Waals surface area contributed by atoms with Crippen LogP contribution in [0.15, 0.2) is 0 Å². The van der Waals surface area contributed by atoms with E-state index in [1.54, 1.807) is 0 Å². The van der Waals surface area contributed by atoms with Crippen molar-refractivity contribution < 1.29 is 9.47 Å². The Bertz CT molecular complexity index is 364. The lowest BCUT2D eigenvalue weighted by molar-refractivity contribution is 0.143. The maximum atomic E-state index is 5.76. The second-order valence-corrected chi connectivity index (χ2v) is 4.63. The van der Waals surface area contributed by atoms with Crippen molar-refractivity contribution in [3.63, 3.8) is 0 Å². The molecule has 0 spiro atoms. The number of aryl methyl sites for hydroxylation is 2. The van der Waals surface area contributed by atoms with Gasteiger partial charge in [-0.15, -0.1) is 0 Å². The Morgan fingerprint density at radius 3 is 2.58 bits per heavy atom. The molecule has 0 aliphatic rings. The normalized spacial score (nSPS) is 10.9. The molecular formula is C14H27N3O2. The van der Waals surface area contributed by atoms with Gasteiger partial charge >= 0.3 is 0 Å². The largest absolute Gasteiger partial charge is 0.488 e. The molecule has 0 aliphatic heterocycles. The van der Waals surface area contributed by atoms with Crippen molar-refractivity contribution in [3.8, 4) is 5.75 Å². The van der Waals surface area contributed by atoms with Gasteiger partial charge in [-0.05, 0) is 40.2 Å². The van der Waals surface area contributed by atoms with E-state index in [1.807, 2.05) is 32.5 Å². The Hall–Kier alpha value is -1.07. The average molecular weight is 269 g/mol. The van der Waals surface area contributed by atoms with Crippen LogP contribution in [-0.2, 0) is 11.8 Å². The molecule has 1 heterocycles. The zero-order chi connectivity index (χ0) is 14.1. The Morgan fingerprint density at radius 2 is 1.95 bits per heavy atom. The predicted molar refractivity (Wildman–Crippen MR) is 76.8 cm³/mol. The molecule has 1 rings (SSSR count). The molecule has 0 atom stereocenters. The minimum absolute atomic E-state index is 0.679. The molecule has 0 saturated carbocycles. The second kappa shape index (κ2) is 8.93. The molecule has 1 N–H and O–H groups in total. The second-order valence-electron chi connectivity index (χ2n) is 4.63. The van der Waals surface area contributed by atoms with Crippen molar-refractivity contribution in [3.05, 3.63) is 11.4 Å². The highest BCUT2D eigenvalue weighted by Crippen LogP contribution is 2.20. The van der Waals surface area contributed by atoms with Crippen LogP contribution in [0.2, 0.25) is 0 Å². The maximum absolute atomic E-state index is 5.76. The van der Waals surface area contributed by atoms with Crippen LogP contribution in [0, 0.1) is 13.8 Å². The topological polar surface area (TPSA) is 48.3 Å². The van der Waals surface area contributed by atoms with E-state index in [1.165, 1.54) is 0 Å². The van der Waals surface area contributed by atoms with Gasteiger partial charge in [-0.3, -0.25) is 4.68 Å². The fraction of sp³-hybridized carbons (Fsp3) is 0.786. The minimum atomic E-state index is 0.679. The van der Waals surface area contributed by atoms with Crippen LogP contribution >= 0.6 is 0 Å². The summed E-state index contributed by atoms with van der Waals surface area (Å²) in [5.41, 5.74) is 2.03. The molecule has 19 heavy (non-hydrogen) atoms. The van der Waals surface area contributed by atoms with Crippen LogP contribution in [0.25, 0.3) is 0 Å². The van der Waals surface area contributed by atoms with E-state index in [-0.39, 0.29) is 0 Å². The first kappa shape index (κ1) is 16.0. The van der Waals surface area contributed by atoms with E-state index in [0.717, 1.165) is 56.3 Å². The van der Waals surface area contributed by atoms with E-state index in [9.17, 15) is 0 Å². The quantitative estimate of drug-likeness (QED) is 0.658. The molecule has 1 aromatic heterocycles. The van der Waals surface area contributed by atoms with Gasteiger partial charge in [-0.1, -0.05) is 0 Å². The zero-order valence-electron chi connectivity index (χ0n) is 12.7. The third-order valence-corrected chi connectivity index (χ3v) is 3.06. The van der Waals surface area contributed by atoms with Gasteiger partial charge in [0.2, 0.25) is 0 Å². The average Bonchev–Trinajstić information content (AvgIpc) is 2.63. The molecule has 0 radical (unpaired) electrons. The number of unbranched alkanes of at least 4 members (excludes halogenated alkanes) is 1. The summed E-state index contributed by atoms with van der Waals surface area (Å²) in [6, 6.07) is 0. The Balaban J connectivity index is 2.05. The minimum Gasteiger partial charge on any atom is -0.488 e. The van der Waals surface area contributed by atoms with E-state index in [4.69, 9.17) is 9.47 Å². The van der Waals surface area contributed by atoms with Crippen LogP contribution < -0.4 is 10.1 Å². The highest BCUT2D eigenvalue weighted by atomic mass is 16.5. The summed E-state index contributed by atoms with van der Waals surface area (Å²) < 4.78 is 12.9. The molecule has 0 bridgehead atoms. The number of rotatable bonds is 10. The molecule has 0 unspecified atom stereocenters. The highest BCUT2D eigenvalue weighted by Gasteiger charge is 2.09. The van der Waals surface area contributed by atoms with Crippen molar-refractivity contribution >= 4 is 0 Å². The van der Waals surface area contributed by atoms with E-state index >= 15 is 0 Å². The van der Waals surface area contributed by atoms with Crippen LogP contribution in [-0.4, -0.2) is 42.7 Å². The van der Waals surface area contributed by atoms with Gasteiger partial charge in [-0.2, -0.15) is 5.10 Å². The van der Waals surface area contributed by atoms with Crippen molar-refractivity contribution in [2.75, 3.05) is 32.9 Å². The van der Waals surface area contributed by atoms with Crippen molar-refractivity contribution in [2.24, 2.45) is 7.05 Å². The molecule has 5 heteroatoms. The summed E-state index contributed by atoms with van der Waals surface area (Å²) in [4.78, 5) is 0. The molecule has 0 fully saturated rings. The van der Waals surface area contributed by atoms with Crippen LogP contribution in [0.3, 0.4) is 0 Å². The number of aromatic nitrogens is 2. The Labute approximate surface area is 116 Å². The molecule has 0 aromatic carbocycles. The van der Waals surface area contributed by atoms with E-state index < -0.39 is 0 Å². The number of ether oxygens (including phenoxy) is 2. The SMILES string of the molecule is CCOCCCCNCCOc1c(C)nn(C)c1C. The molecule has 0 saturated heterocycles. The summed E-state index contributed by atoms with van der Waals surface area (Å²) in [5.74, 6) is 0.917. The summed E-state index contributed by atoms with van der Waals surface area (Å²) in [6.07, 6.45) is 2.26. The number of hydrogen-bond donors (Lipinski definition) is 1. The predicted octanol–water partition coefficient (Wildman–Crippen LogP) is 1.82. The highest BCUT2D eigenvalue weighted by molar-refractivity contribution is 5.31. The van der Waals surface area contributed by atoms with Gasteiger partial charge in [0, 0.05) is 26.8 Å². The first-order valence-electron chi connectivity index (χ1n) is 7.08. The standard InChI is InChI=1S/C14H27N3O2/c1-5-18-10-7-6-8-15-9-11-19-14-12(2)16-17(4)13(14)3/h15H,5-11H2,1-4H3. The molecule has 0 amide bonds. The summed E-state index contributed by atoms with van der Waals surface area (Å²) in [5, 5.41) is 7.70. The molecule has 110 valence electrons. The van der Waals surface area contributed by atoms with Crippen LogP contribution in [0.1, 0.15) is 31.2 Å². The Kier molecular flexibility index (Phi) is 7.52. The first-order chi connectivity index (χ1) is 9.16. The zero-order valence-corrected chi connectivity index (χ0v) is 12.7. The first-order valence-corrected chi connectivity index (χ1v) is 7.08. The van der Waals surface area contributed by atoms with E-state index in [0.29, 0.717) is 6.61 Å². The maximum Gasteiger partial charge on any atom is 0.163 e. The monoisotopic (exact) mass is 269 g/mol. The van der Waals surface area contributed by atoms with Gasteiger partial charge in [0.1, 0.15) is 12.3 Å². The number of nitrogens with one attached hydrogen (secondary N) is 1. The number of hydrogen-bond acceptors (Lipinski definition) is 4. The summed E-state index contributed by atoms with van der Waals surface area (Å²) in [6.45, 7) is 10.3. The number of nitrogens with zero attached hydrogens (tertiary/aromatic N) is 2. The van der Waals surface area contributed by atoms with Gasteiger partial charge < -0.3 is 14.8 Å². The molecule has 1 aromatic rings. The van der Waals surface area contributed by atoms with Crippen LogP contribution in [0.5, 0.6) is 5.75 Å². The van der Waals surface area contributed by atoms with Gasteiger partial charge in [-0.25, -0.2) is 0 Å². The van der Waals surface area contributed by atoms with Crippen molar-refractivity contribution in [1.82, 2.24) is 15.1 Å². The van der Waals surface area contributed by atoms with Crippen LogP contribution in [0.4, 0.5) is 0 Å². The van der Waals surface area contributed by atoms with Gasteiger partial charge in [0.05, 0.1) is 5.69 Å². The third-order valence-electron chi connectivity index (χ3n) is 3.06. The smallest absolute Gasteiger partial charge is 0.163 e. The summed E-state index contributed by atoms with van der Waals surface area (Å²) in [7, 11) is 1.94. The lowest BCUT2D eigenvalue weighted by Gasteiger charge is -2.08. The summed E-state index contributed by atoms with van der Waals surface area (Å²) >= 11 is 0. The fourth-order valence-electron chi connectivity index (χ4n) is 1.91. The Morgan fingerprint density at radius 1 is 1.16 bits per heavy atom. The lowest BCUT2D eigenvalue weighted by Crippen LogP contribution is -2.22. The van der Waals surface area contributed by atoms with Gasteiger partial charge in [0.25, 0.3) is 0 Å². The molecule has 0 aliphatic carbocycles. The molecular weight excluding hydrogens is 242 g/mol. The molecule has 5 nitrogen and oxygen atoms in total.